The number of hydrogen-bond acceptors (Lipinski definition) is 3. The molecule has 1 N–H and O–H groups in total. The molecule has 106 valence electrons. The lowest BCUT2D eigenvalue weighted by molar-refractivity contribution is 0.111. The molecule has 2 heterocycles. The predicted molar refractivity (Wildman–Crippen MR) is 78.9 cm³/mol. The topological polar surface area (TPSA) is 39.1 Å². The van der Waals surface area contributed by atoms with E-state index in [9.17, 15) is 0 Å². The van der Waals surface area contributed by atoms with Crippen molar-refractivity contribution in [3.05, 3.63) is 48.3 Å². The van der Waals surface area contributed by atoms with Crippen LogP contribution in [-0.4, -0.2) is 28.5 Å². The molecule has 1 fully saturated rings. The Bertz CT molecular complexity index is 552. The van der Waals surface area contributed by atoms with Crippen LogP contribution in [0.25, 0.3) is 5.69 Å². The molecule has 1 aliphatic rings. The third-order valence-electron chi connectivity index (χ3n) is 3.96. The van der Waals surface area contributed by atoms with Crippen LogP contribution < -0.4 is 5.32 Å². The zero-order valence-corrected chi connectivity index (χ0v) is 12.0. The van der Waals surface area contributed by atoms with Gasteiger partial charge in [-0.1, -0.05) is 18.2 Å². The molecule has 0 aliphatic carbocycles. The van der Waals surface area contributed by atoms with E-state index in [0.717, 1.165) is 18.7 Å². The summed E-state index contributed by atoms with van der Waals surface area (Å²) in [6.07, 6.45) is 5.40. The van der Waals surface area contributed by atoms with Gasteiger partial charge in [0.25, 0.3) is 0 Å². The maximum atomic E-state index is 5.59. The first kappa shape index (κ1) is 13.3. The van der Waals surface area contributed by atoms with E-state index in [1.54, 1.807) is 0 Å². The second kappa shape index (κ2) is 5.77. The van der Waals surface area contributed by atoms with Crippen LogP contribution in [0.3, 0.4) is 0 Å². The van der Waals surface area contributed by atoms with Crippen molar-refractivity contribution in [3.8, 4) is 5.69 Å². The molecule has 1 aromatic carbocycles. The largest absolute Gasteiger partial charge is 0.377 e. The molecule has 0 radical (unpaired) electrons. The summed E-state index contributed by atoms with van der Waals surface area (Å²) in [7, 11) is 0. The van der Waals surface area contributed by atoms with Gasteiger partial charge in [0.1, 0.15) is 0 Å². The molecule has 20 heavy (non-hydrogen) atoms. The Morgan fingerprint density at radius 3 is 2.85 bits per heavy atom. The molecule has 0 spiro atoms. The van der Waals surface area contributed by atoms with Crippen LogP contribution in [0.2, 0.25) is 0 Å². The Morgan fingerprint density at radius 2 is 2.15 bits per heavy atom. The summed E-state index contributed by atoms with van der Waals surface area (Å²) >= 11 is 0. The monoisotopic (exact) mass is 271 g/mol. The van der Waals surface area contributed by atoms with Crippen LogP contribution in [0.5, 0.6) is 0 Å². The van der Waals surface area contributed by atoms with E-state index < -0.39 is 0 Å². The van der Waals surface area contributed by atoms with E-state index >= 15 is 0 Å². The number of benzene rings is 1. The summed E-state index contributed by atoms with van der Waals surface area (Å²) in [5.74, 6) is 0. The smallest absolute Gasteiger partial charge is 0.0700 e. The van der Waals surface area contributed by atoms with Gasteiger partial charge in [0.05, 0.1) is 18.0 Å². The first-order valence-electron chi connectivity index (χ1n) is 7.21. The van der Waals surface area contributed by atoms with Crippen molar-refractivity contribution >= 4 is 0 Å². The van der Waals surface area contributed by atoms with Crippen molar-refractivity contribution in [2.45, 2.75) is 38.5 Å². The van der Waals surface area contributed by atoms with E-state index in [4.69, 9.17) is 4.74 Å². The highest BCUT2D eigenvalue weighted by atomic mass is 16.5. The SMILES string of the molecule is CC(NC1CCOC1C)c1cnn(-c2ccccc2)c1. The van der Waals surface area contributed by atoms with Gasteiger partial charge in [0.2, 0.25) is 0 Å². The van der Waals surface area contributed by atoms with Gasteiger partial charge in [-0.3, -0.25) is 0 Å². The van der Waals surface area contributed by atoms with Gasteiger partial charge in [0, 0.05) is 30.5 Å². The minimum Gasteiger partial charge on any atom is -0.377 e. The summed E-state index contributed by atoms with van der Waals surface area (Å²) in [4.78, 5) is 0. The van der Waals surface area contributed by atoms with Crippen LogP contribution in [0.4, 0.5) is 0 Å². The fourth-order valence-electron chi connectivity index (χ4n) is 2.65. The number of para-hydroxylation sites is 1. The van der Waals surface area contributed by atoms with Crippen LogP contribution in [0, 0.1) is 0 Å². The summed E-state index contributed by atoms with van der Waals surface area (Å²) in [6, 6.07) is 10.9. The van der Waals surface area contributed by atoms with Gasteiger partial charge in [-0.15, -0.1) is 0 Å². The molecule has 1 aromatic heterocycles. The summed E-state index contributed by atoms with van der Waals surface area (Å²) in [5, 5.41) is 8.08. The first-order chi connectivity index (χ1) is 9.74. The standard InChI is InChI=1S/C16H21N3O/c1-12(18-16-8-9-20-13(16)2)14-10-17-19(11-14)15-6-4-3-5-7-15/h3-7,10-13,16,18H,8-9H2,1-2H3. The van der Waals surface area contributed by atoms with Crippen LogP contribution in [-0.2, 0) is 4.74 Å². The second-order valence-corrected chi connectivity index (χ2v) is 5.41. The lowest BCUT2D eigenvalue weighted by Gasteiger charge is -2.20. The number of ether oxygens (including phenoxy) is 1. The fraction of sp³-hybridized carbons (Fsp3) is 0.438. The molecular weight excluding hydrogens is 250 g/mol. The quantitative estimate of drug-likeness (QED) is 0.929. The van der Waals surface area contributed by atoms with Gasteiger partial charge in [0.15, 0.2) is 0 Å². The van der Waals surface area contributed by atoms with Gasteiger partial charge in [-0.2, -0.15) is 5.10 Å². The molecule has 3 atom stereocenters. The van der Waals surface area contributed by atoms with Gasteiger partial charge >= 0.3 is 0 Å². The molecule has 4 nitrogen and oxygen atoms in total. The van der Waals surface area contributed by atoms with Crippen molar-refractivity contribution in [1.29, 1.82) is 0 Å². The molecule has 2 aromatic rings. The van der Waals surface area contributed by atoms with Gasteiger partial charge < -0.3 is 10.1 Å². The Morgan fingerprint density at radius 1 is 1.35 bits per heavy atom. The number of nitrogens with zero attached hydrogens (tertiary/aromatic N) is 2. The molecule has 0 bridgehead atoms. The molecule has 3 rings (SSSR count). The summed E-state index contributed by atoms with van der Waals surface area (Å²) < 4.78 is 7.51. The van der Waals surface area contributed by atoms with Crippen molar-refractivity contribution in [2.24, 2.45) is 0 Å². The van der Waals surface area contributed by atoms with E-state index in [0.29, 0.717) is 12.1 Å². The zero-order valence-electron chi connectivity index (χ0n) is 12.0. The molecule has 3 unspecified atom stereocenters. The van der Waals surface area contributed by atoms with Crippen LogP contribution in [0.1, 0.15) is 31.9 Å². The maximum absolute atomic E-state index is 5.59. The Labute approximate surface area is 119 Å². The van der Waals surface area contributed by atoms with Crippen molar-refractivity contribution in [1.82, 2.24) is 15.1 Å². The lowest BCUT2D eigenvalue weighted by Crippen LogP contribution is -2.36. The van der Waals surface area contributed by atoms with Crippen LogP contribution in [0.15, 0.2) is 42.7 Å². The minimum absolute atomic E-state index is 0.279. The zero-order chi connectivity index (χ0) is 13.9. The van der Waals surface area contributed by atoms with Crippen molar-refractivity contribution in [3.63, 3.8) is 0 Å². The number of hydrogen-bond donors (Lipinski definition) is 1. The molecule has 0 saturated carbocycles. The highest BCUT2D eigenvalue weighted by molar-refractivity contribution is 5.31. The highest BCUT2D eigenvalue weighted by Crippen LogP contribution is 2.19. The summed E-state index contributed by atoms with van der Waals surface area (Å²) in [5.41, 5.74) is 2.29. The van der Waals surface area contributed by atoms with E-state index in [-0.39, 0.29) is 6.04 Å². The highest BCUT2D eigenvalue weighted by Gasteiger charge is 2.25. The minimum atomic E-state index is 0.279. The van der Waals surface area contributed by atoms with Gasteiger partial charge in [-0.05, 0) is 32.4 Å². The number of nitrogens with one attached hydrogen (secondary N) is 1. The van der Waals surface area contributed by atoms with Crippen molar-refractivity contribution < 1.29 is 4.74 Å². The van der Waals surface area contributed by atoms with Gasteiger partial charge in [-0.25, -0.2) is 4.68 Å². The lowest BCUT2D eigenvalue weighted by atomic mass is 10.1. The summed E-state index contributed by atoms with van der Waals surface area (Å²) in [6.45, 7) is 5.16. The number of aromatic nitrogens is 2. The van der Waals surface area contributed by atoms with E-state index in [1.807, 2.05) is 29.1 Å². The average Bonchev–Trinajstić information content (AvgIpc) is 3.10. The van der Waals surface area contributed by atoms with E-state index in [2.05, 4.69) is 42.6 Å². The third kappa shape index (κ3) is 2.76. The molecular formula is C16H21N3O. The predicted octanol–water partition coefficient (Wildman–Crippen LogP) is 2.70. The normalized spacial score (nSPS) is 23.9. The first-order valence-corrected chi connectivity index (χ1v) is 7.21. The maximum Gasteiger partial charge on any atom is 0.0700 e. The van der Waals surface area contributed by atoms with E-state index in [1.165, 1.54) is 5.56 Å². The Balaban J connectivity index is 1.70. The Kier molecular flexibility index (Phi) is 3.85. The molecule has 0 amide bonds. The van der Waals surface area contributed by atoms with Crippen LogP contribution >= 0.6 is 0 Å². The average molecular weight is 271 g/mol. The number of rotatable bonds is 4. The fourth-order valence-corrected chi connectivity index (χ4v) is 2.65. The molecule has 1 aliphatic heterocycles. The molecule has 1 saturated heterocycles. The molecule has 4 heteroatoms. The second-order valence-electron chi connectivity index (χ2n) is 5.41. The van der Waals surface area contributed by atoms with Crippen molar-refractivity contribution in [2.75, 3.05) is 6.61 Å². The Hall–Kier alpha value is -1.65. The third-order valence-corrected chi connectivity index (χ3v) is 3.96.